The molecule has 0 unspecified atom stereocenters. The number of carboxylic acids is 7. The van der Waals surface area contributed by atoms with Crippen molar-refractivity contribution in [3.8, 4) is 0 Å². The minimum Gasteiger partial charge on any atom is -0.481 e. The summed E-state index contributed by atoms with van der Waals surface area (Å²) < 4.78 is 0. The largest absolute Gasteiger partial charge is 3.00 e. The van der Waals surface area contributed by atoms with Gasteiger partial charge in [-0.05, 0) is 81.9 Å². The van der Waals surface area contributed by atoms with E-state index in [-0.39, 0.29) is 128 Å². The molecule has 1 aromatic heterocycles. The molecule has 3 heterocycles. The Kier molecular flexibility index (Phi) is 32.1. The molecule has 0 saturated carbocycles. The topological polar surface area (TPSA) is 410 Å². The van der Waals surface area contributed by atoms with Gasteiger partial charge in [0.1, 0.15) is 12.1 Å². The number of aromatic nitrogens is 3. The number of hydrogen-bond acceptors (Lipinski definition) is 19. The van der Waals surface area contributed by atoms with Crippen molar-refractivity contribution in [2.75, 3.05) is 114 Å². The van der Waals surface area contributed by atoms with Crippen molar-refractivity contribution in [1.29, 1.82) is 0 Å². The van der Waals surface area contributed by atoms with Gasteiger partial charge < -0.3 is 67.2 Å². The molecule has 0 aliphatic carbocycles. The molecule has 29 nitrogen and oxygen atoms in total. The van der Waals surface area contributed by atoms with Crippen molar-refractivity contribution >= 4 is 77.3 Å². The number of hydrogen-bond donors (Lipinski definition) is 12. The number of piperidine rings is 1. The zero-order chi connectivity index (χ0) is 58.4. The Hall–Kier alpha value is -6.27. The van der Waals surface area contributed by atoms with Crippen molar-refractivity contribution in [2.24, 2.45) is 0 Å². The summed E-state index contributed by atoms with van der Waals surface area (Å²) >= 11 is 0. The minimum atomic E-state index is -1.51. The molecular formula is C51H79LuN13O16+3. The molecule has 2 fully saturated rings. The van der Waals surface area contributed by atoms with Crippen LogP contribution in [0.5, 0.6) is 0 Å². The summed E-state index contributed by atoms with van der Waals surface area (Å²) in [4.78, 5) is 129. The van der Waals surface area contributed by atoms with Gasteiger partial charge in [-0.15, -0.1) is 0 Å². The maximum absolute atomic E-state index is 12.4. The molecule has 3 atom stereocenters. The van der Waals surface area contributed by atoms with E-state index < -0.39 is 72.4 Å². The summed E-state index contributed by atoms with van der Waals surface area (Å²) in [5, 5.41) is 80.3. The summed E-state index contributed by atoms with van der Waals surface area (Å²) in [7, 11) is 0. The smallest absolute Gasteiger partial charge is 0.481 e. The van der Waals surface area contributed by atoms with Crippen LogP contribution < -0.4 is 31.5 Å². The number of anilines is 4. The average Bonchev–Trinajstić information content (AvgIpc) is 3.41. The molecule has 1 aromatic carbocycles. The fourth-order valence-electron chi connectivity index (χ4n) is 9.29. The summed E-state index contributed by atoms with van der Waals surface area (Å²) in [6.45, 7) is 2.34. The van der Waals surface area contributed by atoms with Gasteiger partial charge in [-0.3, -0.25) is 48.4 Å². The van der Waals surface area contributed by atoms with Gasteiger partial charge in [-0.2, -0.15) is 15.0 Å². The molecule has 0 spiro atoms. The number of unbranched alkanes of at least 4 members (excludes halogenated alkanes) is 5. The number of nitrogens with one attached hydrogen (secondary N) is 5. The van der Waals surface area contributed by atoms with E-state index in [2.05, 4.69) is 36.5 Å². The van der Waals surface area contributed by atoms with Gasteiger partial charge >= 0.3 is 84.7 Å². The molecule has 3 amide bonds. The Morgan fingerprint density at radius 1 is 0.531 bits per heavy atom. The maximum atomic E-state index is 12.4. The normalized spacial score (nSPS) is 16.7. The molecule has 2 aliphatic heterocycles. The second-order valence-corrected chi connectivity index (χ2v) is 20.0. The Morgan fingerprint density at radius 3 is 1.65 bits per heavy atom. The number of carboxylic acid groups (broad SMARTS) is 7. The van der Waals surface area contributed by atoms with Crippen LogP contribution in [-0.2, 0) is 44.8 Å². The van der Waals surface area contributed by atoms with E-state index in [9.17, 15) is 73.8 Å². The number of carbonyl (C=O) groups is 9. The van der Waals surface area contributed by atoms with Crippen LogP contribution in [0.25, 0.3) is 0 Å². The van der Waals surface area contributed by atoms with Gasteiger partial charge in [-0.1, -0.05) is 31.4 Å². The molecule has 2 aliphatic rings. The predicted octanol–water partition coefficient (Wildman–Crippen LogP) is 1.19. The number of rotatable bonds is 34. The molecular weight excluding hydrogens is 1230 g/mol. The van der Waals surface area contributed by atoms with Gasteiger partial charge in [0, 0.05) is 96.6 Å². The molecule has 2 saturated heterocycles. The molecule has 30 heteroatoms. The number of benzene rings is 1. The van der Waals surface area contributed by atoms with Crippen LogP contribution in [-0.4, -0.2) is 240 Å². The number of nitrogens with zero attached hydrogens (tertiary/aromatic N) is 8. The number of aliphatic carboxylic acids is 7. The van der Waals surface area contributed by atoms with Crippen molar-refractivity contribution < 1.29 is 116 Å². The Labute approximate surface area is 498 Å². The molecule has 12 N–H and O–H groups in total. The molecule has 2 aromatic rings. The van der Waals surface area contributed by atoms with E-state index in [0.29, 0.717) is 68.7 Å². The van der Waals surface area contributed by atoms with Gasteiger partial charge in [0.2, 0.25) is 23.8 Å². The van der Waals surface area contributed by atoms with E-state index >= 15 is 0 Å². The first-order valence-electron chi connectivity index (χ1n) is 27.1. The SMILES string of the molecule is O=C(O)CC[C@H](NC(=O)N[C@@H](CCCCNC(=O)CCCCCCCNc1nc(Nc2ccc(C[C@H]3CN(CC(=O)O)CCN(CC(=O)O)CCN(CC(=O)O)CCN3CC(=O)O)cc2)nc(N2CCCCC2)n1)C(=O)O)C(=O)O.[Lu+3]. The van der Waals surface area contributed by atoms with Crippen LogP contribution in [0.3, 0.4) is 0 Å². The molecule has 0 radical (unpaired) electrons. The van der Waals surface area contributed by atoms with Crippen LogP contribution in [0.15, 0.2) is 24.3 Å². The number of carbonyl (C=O) groups excluding carboxylic acids is 2. The van der Waals surface area contributed by atoms with Crippen LogP contribution in [0.1, 0.15) is 95.5 Å². The van der Waals surface area contributed by atoms with E-state index in [0.717, 1.165) is 63.6 Å². The van der Waals surface area contributed by atoms with Crippen molar-refractivity contribution in [3.05, 3.63) is 29.8 Å². The number of urea groups is 1. The van der Waals surface area contributed by atoms with Crippen molar-refractivity contribution in [2.45, 2.75) is 114 Å². The summed E-state index contributed by atoms with van der Waals surface area (Å²) in [6.07, 6.45) is 7.73. The van der Waals surface area contributed by atoms with Crippen LogP contribution in [0.2, 0.25) is 0 Å². The zero-order valence-corrected chi connectivity index (χ0v) is 47.1. The second kappa shape index (κ2) is 37.7. The first-order valence-corrected chi connectivity index (χ1v) is 27.1. The third-order valence-electron chi connectivity index (χ3n) is 13.5. The average molecular weight is 1310 g/mol. The van der Waals surface area contributed by atoms with E-state index in [1.165, 1.54) is 0 Å². The fourth-order valence-corrected chi connectivity index (χ4v) is 9.29. The molecule has 456 valence electrons. The van der Waals surface area contributed by atoms with Gasteiger partial charge in [0.15, 0.2) is 0 Å². The Bertz CT molecular complexity index is 2350. The first kappa shape index (κ1) is 69.0. The second-order valence-electron chi connectivity index (χ2n) is 20.0. The van der Waals surface area contributed by atoms with Crippen LogP contribution in [0.4, 0.5) is 28.3 Å². The first-order chi connectivity index (χ1) is 38.2. The standard InChI is InChI=1S/C51H79N13O16.Lu/c65-40(52-19-8-6-11-38(46(76)77)55-51(80)56-39(47(78)79)17-18-41(66)67)12-5-2-1-3-7-20-53-48-57-49(59-50(58-48)63-21-9-4-10-22-63)54-36-15-13-35(14-16-36)29-37-30-62(33-44(72)73)26-25-60(31-42(68)69)23-24-61(32-43(70)71)27-28-64(37)34-45(74)75;/h13-16,37-39H,1-12,17-34H2,(H,52,65)(H,66,67)(H,68,69)(H,70,71)(H,72,73)(H,74,75)(H,76,77)(H,78,79)(H2,55,56,80)(H2,53,54,57,58,59);/q;+3/t37-,38-,39-;/m0./s1. The summed E-state index contributed by atoms with van der Waals surface area (Å²) in [6, 6.07) is 3.02. The molecule has 4 rings (SSSR count). The summed E-state index contributed by atoms with van der Waals surface area (Å²) in [5.41, 5.74) is 1.48. The molecule has 81 heavy (non-hydrogen) atoms. The van der Waals surface area contributed by atoms with E-state index in [4.69, 9.17) is 15.1 Å². The molecule has 0 bridgehead atoms. The minimum absolute atomic E-state index is 0. The van der Waals surface area contributed by atoms with Gasteiger partial charge in [0.05, 0.1) is 26.2 Å². The van der Waals surface area contributed by atoms with Crippen molar-refractivity contribution in [1.82, 2.24) is 50.5 Å². The zero-order valence-electron chi connectivity index (χ0n) is 45.4. The Balaban J connectivity index is 0.0000172. The number of amides is 3. The van der Waals surface area contributed by atoms with E-state index in [1.807, 2.05) is 24.3 Å². The van der Waals surface area contributed by atoms with Crippen molar-refractivity contribution in [3.63, 3.8) is 0 Å². The maximum Gasteiger partial charge on any atom is 3.00 e. The third-order valence-corrected chi connectivity index (χ3v) is 13.5. The predicted molar refractivity (Wildman–Crippen MR) is 289 cm³/mol. The van der Waals surface area contributed by atoms with Gasteiger partial charge in [-0.25, -0.2) is 14.4 Å². The quantitative estimate of drug-likeness (QED) is 0.0438. The van der Waals surface area contributed by atoms with Crippen LogP contribution >= 0.6 is 0 Å². The fraction of sp³-hybridized carbons (Fsp3) is 0.647. The Morgan fingerprint density at radius 2 is 1.06 bits per heavy atom. The van der Waals surface area contributed by atoms with Crippen LogP contribution in [0, 0.1) is 36.9 Å². The monoisotopic (exact) mass is 1300 g/mol. The van der Waals surface area contributed by atoms with E-state index in [1.54, 1.807) is 19.6 Å². The summed E-state index contributed by atoms with van der Waals surface area (Å²) in [5.74, 6) is -7.27. The third kappa shape index (κ3) is 28.8. The van der Waals surface area contributed by atoms with Gasteiger partial charge in [0.25, 0.3) is 0 Å².